The first-order valence-electron chi connectivity index (χ1n) is 10.6. The Hall–Kier alpha value is -0.120. The average Bonchev–Trinajstić information content (AvgIpc) is 2.52. The number of rotatable bonds is 8. The van der Waals surface area contributed by atoms with Crippen LogP contribution >= 0.6 is 0 Å². The Labute approximate surface area is 151 Å². The van der Waals surface area contributed by atoms with Crippen molar-refractivity contribution in [1.29, 1.82) is 0 Å². The molecule has 0 aromatic heterocycles. The Morgan fingerprint density at radius 3 is 2.25 bits per heavy atom. The maximum atomic E-state index is 5.97. The van der Waals surface area contributed by atoms with Gasteiger partial charge in [-0.05, 0) is 79.2 Å². The molecular weight excluding hydrogens is 296 g/mol. The molecule has 0 aromatic rings. The number of hydrogen-bond acceptors (Lipinski definition) is 3. The van der Waals surface area contributed by atoms with Crippen LogP contribution in [0.5, 0.6) is 0 Å². The van der Waals surface area contributed by atoms with Crippen molar-refractivity contribution in [3.05, 3.63) is 0 Å². The highest BCUT2D eigenvalue weighted by Gasteiger charge is 2.25. The lowest BCUT2D eigenvalue weighted by Crippen LogP contribution is -2.54. The second-order valence-electron chi connectivity index (χ2n) is 8.80. The molecule has 0 amide bonds. The summed E-state index contributed by atoms with van der Waals surface area (Å²) in [4.78, 5) is 5.34. The van der Waals surface area contributed by atoms with E-state index < -0.39 is 0 Å². The van der Waals surface area contributed by atoms with Crippen LogP contribution in [0.25, 0.3) is 0 Å². The molecule has 1 saturated heterocycles. The van der Waals surface area contributed by atoms with Gasteiger partial charge in [0, 0.05) is 31.7 Å². The van der Waals surface area contributed by atoms with Gasteiger partial charge in [-0.25, -0.2) is 0 Å². The Kier molecular flexibility index (Phi) is 8.53. The second kappa shape index (κ2) is 10.1. The molecule has 2 fully saturated rings. The van der Waals surface area contributed by atoms with Gasteiger partial charge in [-0.3, -0.25) is 4.90 Å². The molecular formula is C21H42N2O. The average molecular weight is 339 g/mol. The van der Waals surface area contributed by atoms with E-state index in [0.717, 1.165) is 12.0 Å². The van der Waals surface area contributed by atoms with Gasteiger partial charge in [-0.2, -0.15) is 0 Å². The fourth-order valence-corrected chi connectivity index (χ4v) is 4.73. The maximum absolute atomic E-state index is 5.97. The van der Waals surface area contributed by atoms with Gasteiger partial charge in [-0.15, -0.1) is 0 Å². The smallest absolute Gasteiger partial charge is 0.0578 e. The molecule has 0 bridgehead atoms. The Bertz CT molecular complexity index is 337. The van der Waals surface area contributed by atoms with E-state index in [9.17, 15) is 0 Å². The van der Waals surface area contributed by atoms with Crippen LogP contribution in [0, 0.1) is 5.92 Å². The standard InChI is InChI=1S/C21H42N2O/c1-17(2)23-15-14-22(16-19(23)5)13-7-6-8-20-9-11-21(12-10-20)24-18(3)4/h17-21H,6-16H2,1-5H3/t19-,20?,21?/m1/s1. The summed E-state index contributed by atoms with van der Waals surface area (Å²) in [6.45, 7) is 16.4. The van der Waals surface area contributed by atoms with E-state index in [1.54, 1.807) is 0 Å². The van der Waals surface area contributed by atoms with E-state index >= 15 is 0 Å². The van der Waals surface area contributed by atoms with E-state index in [-0.39, 0.29) is 0 Å². The molecule has 24 heavy (non-hydrogen) atoms. The predicted molar refractivity (Wildman–Crippen MR) is 104 cm³/mol. The molecule has 2 aliphatic rings. The molecule has 1 aliphatic carbocycles. The molecule has 2 rings (SSSR count). The first kappa shape index (κ1) is 20.2. The molecule has 1 heterocycles. The largest absolute Gasteiger partial charge is 0.376 e. The first-order chi connectivity index (χ1) is 11.5. The summed E-state index contributed by atoms with van der Waals surface area (Å²) in [5.41, 5.74) is 0. The third-order valence-electron chi connectivity index (χ3n) is 6.02. The summed E-state index contributed by atoms with van der Waals surface area (Å²) >= 11 is 0. The van der Waals surface area contributed by atoms with E-state index in [1.807, 2.05) is 0 Å². The maximum Gasteiger partial charge on any atom is 0.0578 e. The van der Waals surface area contributed by atoms with Crippen molar-refractivity contribution in [3.63, 3.8) is 0 Å². The van der Waals surface area contributed by atoms with Gasteiger partial charge >= 0.3 is 0 Å². The summed E-state index contributed by atoms with van der Waals surface area (Å²) in [6.07, 6.45) is 10.5. The van der Waals surface area contributed by atoms with Gasteiger partial charge in [-0.1, -0.05) is 12.8 Å². The summed E-state index contributed by atoms with van der Waals surface area (Å²) in [5.74, 6) is 0.966. The van der Waals surface area contributed by atoms with E-state index in [2.05, 4.69) is 44.4 Å². The van der Waals surface area contributed by atoms with Gasteiger partial charge < -0.3 is 9.64 Å². The minimum absolute atomic E-state index is 0.394. The molecule has 142 valence electrons. The monoisotopic (exact) mass is 338 g/mol. The first-order valence-corrected chi connectivity index (χ1v) is 10.6. The molecule has 1 aliphatic heterocycles. The lowest BCUT2D eigenvalue weighted by atomic mass is 9.84. The molecule has 0 unspecified atom stereocenters. The zero-order valence-corrected chi connectivity index (χ0v) is 17.0. The van der Waals surface area contributed by atoms with Crippen molar-refractivity contribution in [2.45, 2.75) is 104 Å². The van der Waals surface area contributed by atoms with Crippen LogP contribution in [-0.2, 0) is 4.74 Å². The lowest BCUT2D eigenvalue weighted by molar-refractivity contribution is -0.0204. The number of unbranched alkanes of at least 4 members (excludes halogenated alkanes) is 1. The summed E-state index contributed by atoms with van der Waals surface area (Å²) in [5, 5.41) is 0. The van der Waals surface area contributed by atoms with Gasteiger partial charge in [0.1, 0.15) is 0 Å². The number of ether oxygens (including phenoxy) is 1. The molecule has 0 N–H and O–H groups in total. The third kappa shape index (κ3) is 6.65. The normalized spacial score (nSPS) is 30.4. The van der Waals surface area contributed by atoms with E-state index in [1.165, 1.54) is 71.1 Å². The van der Waals surface area contributed by atoms with Crippen molar-refractivity contribution >= 4 is 0 Å². The number of nitrogens with zero attached hydrogens (tertiary/aromatic N) is 2. The van der Waals surface area contributed by atoms with Crippen LogP contribution < -0.4 is 0 Å². The minimum atomic E-state index is 0.394. The summed E-state index contributed by atoms with van der Waals surface area (Å²) < 4.78 is 5.97. The highest BCUT2D eigenvalue weighted by molar-refractivity contribution is 4.81. The highest BCUT2D eigenvalue weighted by atomic mass is 16.5. The van der Waals surface area contributed by atoms with Gasteiger partial charge in [0.15, 0.2) is 0 Å². The molecule has 3 nitrogen and oxygen atoms in total. The van der Waals surface area contributed by atoms with Crippen LogP contribution in [0.1, 0.15) is 79.6 Å². The fourth-order valence-electron chi connectivity index (χ4n) is 4.73. The van der Waals surface area contributed by atoms with Crippen LogP contribution in [-0.4, -0.2) is 60.3 Å². The van der Waals surface area contributed by atoms with Crippen LogP contribution in [0.4, 0.5) is 0 Å². The van der Waals surface area contributed by atoms with E-state index in [4.69, 9.17) is 4.74 Å². The van der Waals surface area contributed by atoms with Gasteiger partial charge in [0.05, 0.1) is 12.2 Å². The van der Waals surface area contributed by atoms with Gasteiger partial charge in [0.25, 0.3) is 0 Å². The quantitative estimate of drug-likeness (QED) is 0.604. The van der Waals surface area contributed by atoms with Crippen molar-refractivity contribution < 1.29 is 4.74 Å². The lowest BCUT2D eigenvalue weighted by Gasteiger charge is -2.42. The van der Waals surface area contributed by atoms with Crippen LogP contribution in [0.2, 0.25) is 0 Å². The Morgan fingerprint density at radius 2 is 1.67 bits per heavy atom. The zero-order valence-electron chi connectivity index (χ0n) is 17.0. The third-order valence-corrected chi connectivity index (χ3v) is 6.02. The van der Waals surface area contributed by atoms with Crippen LogP contribution in [0.3, 0.4) is 0 Å². The van der Waals surface area contributed by atoms with Crippen molar-refractivity contribution in [1.82, 2.24) is 9.80 Å². The number of piperazine rings is 1. The number of hydrogen-bond donors (Lipinski definition) is 0. The Morgan fingerprint density at radius 1 is 0.958 bits per heavy atom. The van der Waals surface area contributed by atoms with Crippen molar-refractivity contribution in [2.24, 2.45) is 5.92 Å². The summed E-state index contributed by atoms with van der Waals surface area (Å²) in [7, 11) is 0. The molecule has 1 saturated carbocycles. The SMILES string of the molecule is CC(C)OC1CCC(CCCCN2CCN(C(C)C)[C@H](C)C2)CC1. The van der Waals surface area contributed by atoms with Gasteiger partial charge in [0.2, 0.25) is 0 Å². The topological polar surface area (TPSA) is 15.7 Å². The van der Waals surface area contributed by atoms with Crippen LogP contribution in [0.15, 0.2) is 0 Å². The molecule has 0 spiro atoms. The second-order valence-corrected chi connectivity index (χ2v) is 8.80. The minimum Gasteiger partial charge on any atom is -0.376 e. The van der Waals surface area contributed by atoms with Crippen molar-refractivity contribution in [2.75, 3.05) is 26.2 Å². The van der Waals surface area contributed by atoms with E-state index in [0.29, 0.717) is 18.2 Å². The predicted octanol–water partition coefficient (Wildman–Crippen LogP) is 4.56. The highest BCUT2D eigenvalue weighted by Crippen LogP contribution is 2.30. The Balaban J connectivity index is 1.53. The summed E-state index contributed by atoms with van der Waals surface area (Å²) in [6, 6.07) is 1.41. The molecule has 0 aromatic carbocycles. The molecule has 3 heteroatoms. The van der Waals surface area contributed by atoms with Crippen molar-refractivity contribution in [3.8, 4) is 0 Å². The molecule has 1 atom stereocenters. The zero-order chi connectivity index (χ0) is 17.5. The molecule has 0 radical (unpaired) electrons. The fraction of sp³-hybridized carbons (Fsp3) is 1.00.